The average Bonchev–Trinajstić information content (AvgIpc) is 2.54. The number of urea groups is 1. The fourth-order valence-electron chi connectivity index (χ4n) is 3.04. The Morgan fingerprint density at radius 1 is 1.09 bits per heavy atom. The minimum Gasteiger partial charge on any atom is -0.331 e. The predicted octanol–water partition coefficient (Wildman–Crippen LogP) is 5.21. The van der Waals surface area contributed by atoms with Gasteiger partial charge in [-0.1, -0.05) is 40.2 Å². The summed E-state index contributed by atoms with van der Waals surface area (Å²) in [5, 5.41) is 5.87. The average molecular weight is 373 g/mol. The molecule has 1 unspecified atom stereocenters. The normalized spacial score (nSPS) is 14.7. The van der Waals surface area contributed by atoms with Crippen LogP contribution in [-0.2, 0) is 12.8 Å². The maximum absolute atomic E-state index is 12.2. The summed E-state index contributed by atoms with van der Waals surface area (Å²) in [4.78, 5) is 12.2. The van der Waals surface area contributed by atoms with Gasteiger partial charge in [0.25, 0.3) is 0 Å². The molecule has 0 fully saturated rings. The molecule has 1 aliphatic rings. The molecule has 1 aliphatic carbocycles. The summed E-state index contributed by atoms with van der Waals surface area (Å²) in [5.41, 5.74) is 4.84. The molecule has 4 heteroatoms. The number of benzene rings is 2. The van der Waals surface area contributed by atoms with E-state index in [1.807, 2.05) is 31.2 Å². The van der Waals surface area contributed by atoms with Gasteiger partial charge in [-0.25, -0.2) is 4.79 Å². The molecular formula is C19H21BrN2O. The molecule has 0 bridgehead atoms. The summed E-state index contributed by atoms with van der Waals surface area (Å²) < 4.78 is 0.943. The van der Waals surface area contributed by atoms with Crippen molar-refractivity contribution >= 4 is 27.6 Å². The van der Waals surface area contributed by atoms with Gasteiger partial charge in [0.15, 0.2) is 0 Å². The van der Waals surface area contributed by atoms with Crippen molar-refractivity contribution in [1.29, 1.82) is 0 Å². The monoisotopic (exact) mass is 372 g/mol. The van der Waals surface area contributed by atoms with Gasteiger partial charge in [0, 0.05) is 10.2 Å². The standard InChI is InChI=1S/C19H21BrN2O/c1-13(15-10-9-14-5-2-3-6-16(14)11-15)21-19(23)22-18-8-4-7-17(20)12-18/h4,7-13H,2-3,5-6H2,1H3,(H2,21,22,23). The second kappa shape index (κ2) is 7.18. The van der Waals surface area contributed by atoms with E-state index in [9.17, 15) is 4.79 Å². The van der Waals surface area contributed by atoms with Crippen molar-refractivity contribution in [2.75, 3.05) is 5.32 Å². The van der Waals surface area contributed by atoms with E-state index in [1.165, 1.54) is 30.4 Å². The smallest absolute Gasteiger partial charge is 0.319 e. The number of halogens is 1. The molecule has 0 aliphatic heterocycles. The Kier molecular flexibility index (Phi) is 5.01. The number of rotatable bonds is 3. The number of fused-ring (bicyclic) bond motifs is 1. The van der Waals surface area contributed by atoms with E-state index in [4.69, 9.17) is 0 Å². The quantitative estimate of drug-likeness (QED) is 0.762. The molecule has 0 saturated heterocycles. The highest BCUT2D eigenvalue weighted by Crippen LogP contribution is 2.25. The van der Waals surface area contributed by atoms with E-state index in [1.54, 1.807) is 0 Å². The van der Waals surface area contributed by atoms with Crippen molar-refractivity contribution in [3.63, 3.8) is 0 Å². The third-order valence-electron chi connectivity index (χ3n) is 4.30. The van der Waals surface area contributed by atoms with Crippen LogP contribution in [0.25, 0.3) is 0 Å². The lowest BCUT2D eigenvalue weighted by Gasteiger charge is -2.20. The predicted molar refractivity (Wildman–Crippen MR) is 97.8 cm³/mol. The van der Waals surface area contributed by atoms with Crippen molar-refractivity contribution in [2.24, 2.45) is 0 Å². The van der Waals surface area contributed by atoms with Gasteiger partial charge >= 0.3 is 6.03 Å². The molecule has 3 nitrogen and oxygen atoms in total. The van der Waals surface area contributed by atoms with Crippen LogP contribution in [0.4, 0.5) is 10.5 Å². The van der Waals surface area contributed by atoms with Crippen molar-refractivity contribution in [3.8, 4) is 0 Å². The molecular weight excluding hydrogens is 352 g/mol. The molecule has 2 amide bonds. The van der Waals surface area contributed by atoms with Crippen LogP contribution in [0, 0.1) is 0 Å². The number of nitrogens with one attached hydrogen (secondary N) is 2. The highest BCUT2D eigenvalue weighted by molar-refractivity contribution is 9.10. The van der Waals surface area contributed by atoms with Gasteiger partial charge in [-0.15, -0.1) is 0 Å². The van der Waals surface area contributed by atoms with Gasteiger partial charge in [-0.3, -0.25) is 0 Å². The lowest BCUT2D eigenvalue weighted by molar-refractivity contribution is 0.249. The Morgan fingerprint density at radius 3 is 2.65 bits per heavy atom. The molecule has 1 atom stereocenters. The highest BCUT2D eigenvalue weighted by atomic mass is 79.9. The number of carbonyl (C=O) groups is 1. The van der Waals surface area contributed by atoms with Gasteiger partial charge in [-0.2, -0.15) is 0 Å². The number of hydrogen-bond acceptors (Lipinski definition) is 1. The summed E-state index contributed by atoms with van der Waals surface area (Å²) >= 11 is 3.40. The lowest BCUT2D eigenvalue weighted by atomic mass is 9.89. The highest BCUT2D eigenvalue weighted by Gasteiger charge is 2.14. The van der Waals surface area contributed by atoms with Gasteiger partial charge in [0.1, 0.15) is 0 Å². The molecule has 2 aromatic carbocycles. The maximum Gasteiger partial charge on any atom is 0.319 e. The van der Waals surface area contributed by atoms with Crippen LogP contribution in [0.5, 0.6) is 0 Å². The summed E-state index contributed by atoms with van der Waals surface area (Å²) in [6.07, 6.45) is 4.89. The molecule has 0 spiro atoms. The fraction of sp³-hybridized carbons (Fsp3) is 0.316. The summed E-state index contributed by atoms with van der Waals surface area (Å²) in [6.45, 7) is 2.02. The molecule has 3 rings (SSSR count). The van der Waals surface area contributed by atoms with E-state index in [-0.39, 0.29) is 12.1 Å². The van der Waals surface area contributed by atoms with Crippen molar-refractivity contribution < 1.29 is 4.79 Å². The minimum atomic E-state index is -0.187. The van der Waals surface area contributed by atoms with Crippen LogP contribution >= 0.6 is 15.9 Å². The van der Waals surface area contributed by atoms with Gasteiger partial charge in [0.05, 0.1) is 6.04 Å². The first-order chi connectivity index (χ1) is 11.1. The van der Waals surface area contributed by atoms with Crippen LogP contribution in [0.15, 0.2) is 46.9 Å². The Morgan fingerprint density at radius 2 is 1.87 bits per heavy atom. The fourth-order valence-corrected chi connectivity index (χ4v) is 3.44. The summed E-state index contributed by atoms with van der Waals surface area (Å²) in [6, 6.07) is 14.0. The van der Waals surface area contributed by atoms with Crippen LogP contribution in [0.1, 0.15) is 42.5 Å². The Labute approximate surface area is 145 Å². The third kappa shape index (κ3) is 4.14. The largest absolute Gasteiger partial charge is 0.331 e. The van der Waals surface area contributed by atoms with Crippen LogP contribution in [0.3, 0.4) is 0 Å². The first kappa shape index (κ1) is 16.1. The second-order valence-corrected chi connectivity index (χ2v) is 6.98. The lowest BCUT2D eigenvalue weighted by Crippen LogP contribution is -2.31. The summed E-state index contributed by atoms with van der Waals surface area (Å²) in [5.74, 6) is 0. The number of aryl methyl sites for hydroxylation is 2. The zero-order valence-electron chi connectivity index (χ0n) is 13.2. The zero-order valence-corrected chi connectivity index (χ0v) is 14.8. The Balaban J connectivity index is 1.64. The molecule has 0 heterocycles. The van der Waals surface area contributed by atoms with Gasteiger partial charge < -0.3 is 10.6 Å². The van der Waals surface area contributed by atoms with Crippen LogP contribution in [-0.4, -0.2) is 6.03 Å². The number of carbonyl (C=O) groups excluding carboxylic acids is 1. The molecule has 2 N–H and O–H groups in total. The SMILES string of the molecule is CC(NC(=O)Nc1cccc(Br)c1)c1ccc2c(c1)CCCC2. The molecule has 0 radical (unpaired) electrons. The Bertz CT molecular complexity index is 714. The van der Waals surface area contributed by atoms with Crippen molar-refractivity contribution in [2.45, 2.75) is 38.6 Å². The van der Waals surface area contributed by atoms with E-state index < -0.39 is 0 Å². The topological polar surface area (TPSA) is 41.1 Å². The summed E-state index contributed by atoms with van der Waals surface area (Å²) in [7, 11) is 0. The first-order valence-corrected chi connectivity index (χ1v) is 8.86. The van der Waals surface area contributed by atoms with Gasteiger partial charge in [0.2, 0.25) is 0 Å². The Hall–Kier alpha value is -1.81. The molecule has 23 heavy (non-hydrogen) atoms. The van der Waals surface area contributed by atoms with E-state index >= 15 is 0 Å². The second-order valence-electron chi connectivity index (χ2n) is 6.07. The van der Waals surface area contributed by atoms with Gasteiger partial charge in [-0.05, 0) is 67.5 Å². The molecule has 0 saturated carbocycles. The minimum absolute atomic E-state index is 0.0191. The molecule has 2 aromatic rings. The number of hydrogen-bond donors (Lipinski definition) is 2. The van der Waals surface area contributed by atoms with E-state index in [0.29, 0.717) is 0 Å². The third-order valence-corrected chi connectivity index (χ3v) is 4.80. The van der Waals surface area contributed by atoms with E-state index in [2.05, 4.69) is 44.8 Å². The number of amides is 2. The van der Waals surface area contributed by atoms with Crippen molar-refractivity contribution in [1.82, 2.24) is 5.32 Å². The number of anilines is 1. The molecule has 0 aromatic heterocycles. The maximum atomic E-state index is 12.2. The van der Waals surface area contributed by atoms with Crippen molar-refractivity contribution in [3.05, 3.63) is 63.6 Å². The molecule has 120 valence electrons. The first-order valence-electron chi connectivity index (χ1n) is 8.06. The zero-order chi connectivity index (χ0) is 16.2. The van der Waals surface area contributed by atoms with Crippen LogP contribution < -0.4 is 10.6 Å². The van der Waals surface area contributed by atoms with E-state index in [0.717, 1.165) is 22.1 Å². The van der Waals surface area contributed by atoms with Crippen LogP contribution in [0.2, 0.25) is 0 Å².